The molecule has 0 radical (unpaired) electrons. The van der Waals surface area contributed by atoms with Gasteiger partial charge in [-0.15, -0.1) is 10.2 Å². The molecule has 1 amide bonds. The lowest BCUT2D eigenvalue weighted by atomic mass is 10.1. The molecule has 1 unspecified atom stereocenters. The summed E-state index contributed by atoms with van der Waals surface area (Å²) in [6, 6.07) is 8.56. The third-order valence-corrected chi connectivity index (χ3v) is 3.92. The van der Waals surface area contributed by atoms with Gasteiger partial charge in [0.05, 0.1) is 11.6 Å². The first-order chi connectivity index (χ1) is 9.90. The van der Waals surface area contributed by atoms with Crippen LogP contribution in [0.25, 0.3) is 0 Å². The summed E-state index contributed by atoms with van der Waals surface area (Å²) in [7, 11) is 1.69. The van der Waals surface area contributed by atoms with Crippen LogP contribution < -0.4 is 0 Å². The number of nitrogens with zero attached hydrogens (tertiary/aromatic N) is 3. The topological polar surface area (TPSA) is 46.1 Å². The fourth-order valence-corrected chi connectivity index (χ4v) is 2.28. The zero-order valence-electron chi connectivity index (χ0n) is 11.3. The Kier molecular flexibility index (Phi) is 5.04. The molecule has 7 heteroatoms. The van der Waals surface area contributed by atoms with E-state index < -0.39 is 0 Å². The van der Waals surface area contributed by atoms with E-state index in [1.807, 2.05) is 19.1 Å². The zero-order chi connectivity index (χ0) is 15.6. The van der Waals surface area contributed by atoms with Gasteiger partial charge in [0.2, 0.25) is 0 Å². The van der Waals surface area contributed by atoms with Crippen molar-refractivity contribution in [3.05, 3.63) is 56.8 Å². The van der Waals surface area contributed by atoms with Crippen molar-refractivity contribution in [3.63, 3.8) is 0 Å². The monoisotopic (exact) mass is 343 g/mol. The van der Waals surface area contributed by atoms with Gasteiger partial charge in [-0.1, -0.05) is 46.9 Å². The van der Waals surface area contributed by atoms with Crippen LogP contribution in [0.2, 0.25) is 15.3 Å². The van der Waals surface area contributed by atoms with Gasteiger partial charge in [0.1, 0.15) is 0 Å². The summed E-state index contributed by atoms with van der Waals surface area (Å²) in [5.41, 5.74) is 1.18. The van der Waals surface area contributed by atoms with Crippen LogP contribution in [0.5, 0.6) is 0 Å². The Hall–Kier alpha value is -1.36. The predicted molar refractivity (Wildman–Crippen MR) is 84.0 cm³/mol. The maximum atomic E-state index is 12.5. The number of rotatable bonds is 3. The van der Waals surface area contributed by atoms with Gasteiger partial charge in [-0.3, -0.25) is 4.79 Å². The van der Waals surface area contributed by atoms with Crippen LogP contribution in [-0.4, -0.2) is 28.1 Å². The maximum absolute atomic E-state index is 12.5. The van der Waals surface area contributed by atoms with Gasteiger partial charge in [0, 0.05) is 12.1 Å². The average Bonchev–Trinajstić information content (AvgIpc) is 2.48. The lowest BCUT2D eigenvalue weighted by Gasteiger charge is -2.25. The summed E-state index contributed by atoms with van der Waals surface area (Å²) in [4.78, 5) is 14.0. The fourth-order valence-electron chi connectivity index (χ4n) is 1.83. The molecule has 0 fully saturated rings. The standard InChI is InChI=1S/C14H12Cl3N3O/c1-8(9-3-5-10(15)6-4-9)20(2)14(21)11-7-12(16)18-19-13(11)17/h3-8H,1-2H3. The number of amides is 1. The van der Waals surface area contributed by atoms with E-state index in [1.165, 1.54) is 6.07 Å². The number of carbonyl (C=O) groups is 1. The molecule has 2 rings (SSSR count). The van der Waals surface area contributed by atoms with E-state index in [0.29, 0.717) is 5.02 Å². The van der Waals surface area contributed by atoms with Gasteiger partial charge in [-0.25, -0.2) is 0 Å². The molecule has 1 heterocycles. The van der Waals surface area contributed by atoms with E-state index in [4.69, 9.17) is 34.8 Å². The highest BCUT2D eigenvalue weighted by Gasteiger charge is 2.22. The quantitative estimate of drug-likeness (QED) is 0.835. The molecule has 21 heavy (non-hydrogen) atoms. The van der Waals surface area contributed by atoms with Crippen molar-refractivity contribution < 1.29 is 4.79 Å². The van der Waals surface area contributed by atoms with E-state index >= 15 is 0 Å². The van der Waals surface area contributed by atoms with Crippen LogP contribution in [0, 0.1) is 0 Å². The zero-order valence-corrected chi connectivity index (χ0v) is 13.6. The van der Waals surface area contributed by atoms with Gasteiger partial charge in [0.25, 0.3) is 5.91 Å². The molecule has 1 aromatic heterocycles. The maximum Gasteiger partial charge on any atom is 0.257 e. The van der Waals surface area contributed by atoms with Crippen LogP contribution in [0.1, 0.15) is 28.9 Å². The first-order valence-electron chi connectivity index (χ1n) is 6.11. The second-order valence-corrected chi connectivity index (χ2v) is 5.70. The molecule has 110 valence electrons. The Morgan fingerprint density at radius 2 is 1.76 bits per heavy atom. The van der Waals surface area contributed by atoms with E-state index in [9.17, 15) is 4.79 Å². The number of halogens is 3. The van der Waals surface area contributed by atoms with E-state index in [-0.39, 0.29) is 27.8 Å². The molecule has 0 spiro atoms. The van der Waals surface area contributed by atoms with Crippen molar-refractivity contribution in [1.82, 2.24) is 15.1 Å². The van der Waals surface area contributed by atoms with Crippen molar-refractivity contribution in [2.24, 2.45) is 0 Å². The van der Waals surface area contributed by atoms with Crippen LogP contribution in [0.4, 0.5) is 0 Å². The Balaban J connectivity index is 2.26. The lowest BCUT2D eigenvalue weighted by Crippen LogP contribution is -2.30. The molecule has 0 aliphatic carbocycles. The molecule has 1 aromatic carbocycles. The first-order valence-corrected chi connectivity index (χ1v) is 7.25. The summed E-state index contributed by atoms with van der Waals surface area (Å²) >= 11 is 17.5. The van der Waals surface area contributed by atoms with Crippen molar-refractivity contribution >= 4 is 40.7 Å². The van der Waals surface area contributed by atoms with Crippen LogP contribution in [-0.2, 0) is 0 Å². The minimum absolute atomic E-state index is 0.0274. The van der Waals surface area contributed by atoms with Crippen LogP contribution >= 0.6 is 34.8 Å². The minimum atomic E-state index is -0.278. The Labute approximate surface area is 137 Å². The first kappa shape index (κ1) is 16.0. The number of hydrogen-bond donors (Lipinski definition) is 0. The third kappa shape index (κ3) is 3.64. The Morgan fingerprint density at radius 1 is 1.14 bits per heavy atom. The summed E-state index contributed by atoms with van der Waals surface area (Å²) in [6.07, 6.45) is 0. The number of hydrogen-bond acceptors (Lipinski definition) is 3. The molecule has 0 bridgehead atoms. The molecular formula is C14H12Cl3N3O. The second kappa shape index (κ2) is 6.60. The number of benzene rings is 1. The van der Waals surface area contributed by atoms with Gasteiger partial charge in [0.15, 0.2) is 10.3 Å². The Bertz CT molecular complexity index is 661. The fraction of sp³-hybridized carbons (Fsp3) is 0.214. The third-order valence-electron chi connectivity index (χ3n) is 3.20. The molecular weight excluding hydrogens is 333 g/mol. The largest absolute Gasteiger partial charge is 0.335 e. The van der Waals surface area contributed by atoms with Gasteiger partial charge >= 0.3 is 0 Å². The van der Waals surface area contributed by atoms with Crippen molar-refractivity contribution in [2.45, 2.75) is 13.0 Å². The molecule has 1 atom stereocenters. The van der Waals surface area contributed by atoms with Gasteiger partial charge < -0.3 is 4.90 Å². The van der Waals surface area contributed by atoms with E-state index in [1.54, 1.807) is 24.1 Å². The highest BCUT2D eigenvalue weighted by Crippen LogP contribution is 2.24. The predicted octanol–water partition coefficient (Wildman–Crippen LogP) is 4.27. The van der Waals surface area contributed by atoms with Crippen molar-refractivity contribution in [2.75, 3.05) is 7.05 Å². The molecule has 0 saturated heterocycles. The number of carbonyl (C=O) groups excluding carboxylic acids is 1. The SMILES string of the molecule is CC(c1ccc(Cl)cc1)N(C)C(=O)c1cc(Cl)nnc1Cl. The summed E-state index contributed by atoms with van der Waals surface area (Å²) in [5, 5.41) is 8.03. The van der Waals surface area contributed by atoms with Crippen molar-refractivity contribution in [1.29, 1.82) is 0 Å². The van der Waals surface area contributed by atoms with E-state index in [0.717, 1.165) is 5.56 Å². The molecule has 0 aliphatic rings. The van der Waals surface area contributed by atoms with Gasteiger partial charge in [-0.2, -0.15) is 0 Å². The summed E-state index contributed by atoms with van der Waals surface area (Å²) < 4.78 is 0. The average molecular weight is 345 g/mol. The van der Waals surface area contributed by atoms with Gasteiger partial charge in [-0.05, 0) is 30.7 Å². The van der Waals surface area contributed by atoms with Crippen LogP contribution in [0.15, 0.2) is 30.3 Å². The second-order valence-electron chi connectivity index (χ2n) is 4.52. The normalized spacial score (nSPS) is 12.0. The lowest BCUT2D eigenvalue weighted by molar-refractivity contribution is 0.0742. The van der Waals surface area contributed by atoms with E-state index in [2.05, 4.69) is 10.2 Å². The molecule has 0 N–H and O–H groups in total. The molecule has 4 nitrogen and oxygen atoms in total. The number of aromatic nitrogens is 2. The summed E-state index contributed by atoms with van der Waals surface area (Å²) in [5.74, 6) is -0.278. The molecule has 0 aliphatic heterocycles. The van der Waals surface area contributed by atoms with Crippen molar-refractivity contribution in [3.8, 4) is 0 Å². The minimum Gasteiger partial charge on any atom is -0.335 e. The smallest absolute Gasteiger partial charge is 0.257 e. The Morgan fingerprint density at radius 3 is 2.38 bits per heavy atom. The summed E-state index contributed by atoms with van der Waals surface area (Å²) in [6.45, 7) is 1.91. The highest BCUT2D eigenvalue weighted by molar-refractivity contribution is 6.34. The molecule has 0 saturated carbocycles. The van der Waals surface area contributed by atoms with Crippen LogP contribution in [0.3, 0.4) is 0 Å². The molecule has 2 aromatic rings. The highest BCUT2D eigenvalue weighted by atomic mass is 35.5.